The number of rotatable bonds is 6. The van der Waals surface area contributed by atoms with Gasteiger partial charge in [0.25, 0.3) is 0 Å². The van der Waals surface area contributed by atoms with Crippen LogP contribution in [0.4, 0.5) is 0 Å². The molecule has 0 unspecified atom stereocenters. The molecule has 6 heteroatoms. The van der Waals surface area contributed by atoms with Gasteiger partial charge in [-0.1, -0.05) is 91.0 Å². The molecule has 0 bridgehead atoms. The number of tetrazole rings is 1. The molecule has 28 heavy (non-hydrogen) atoms. The summed E-state index contributed by atoms with van der Waals surface area (Å²) in [6.07, 6.45) is 0. The first-order chi connectivity index (χ1) is 13.8. The van der Waals surface area contributed by atoms with Gasteiger partial charge in [-0.05, 0) is 16.3 Å². The van der Waals surface area contributed by atoms with Crippen LogP contribution in [0.15, 0.2) is 91.0 Å². The van der Waals surface area contributed by atoms with E-state index in [4.69, 9.17) is 0 Å². The molecule has 0 aliphatic carbocycles. The highest BCUT2D eigenvalue weighted by molar-refractivity contribution is 5.76. The monoisotopic (exact) mass is 369 g/mol. The fourth-order valence-electron chi connectivity index (χ4n) is 3.00. The van der Waals surface area contributed by atoms with Gasteiger partial charge in [-0.2, -0.15) is 4.80 Å². The van der Waals surface area contributed by atoms with Crippen LogP contribution in [0.5, 0.6) is 0 Å². The van der Waals surface area contributed by atoms with Crippen LogP contribution in [-0.4, -0.2) is 26.1 Å². The van der Waals surface area contributed by atoms with Crippen LogP contribution >= 0.6 is 0 Å². The van der Waals surface area contributed by atoms with Gasteiger partial charge in [0.2, 0.25) is 11.7 Å². The second-order valence-electron chi connectivity index (χ2n) is 6.33. The minimum absolute atomic E-state index is 0.00397. The van der Waals surface area contributed by atoms with Crippen LogP contribution in [0, 0.1) is 0 Å². The molecule has 0 spiro atoms. The van der Waals surface area contributed by atoms with E-state index in [0.29, 0.717) is 5.82 Å². The zero-order valence-electron chi connectivity index (χ0n) is 15.1. The summed E-state index contributed by atoms with van der Waals surface area (Å²) in [7, 11) is 0. The average molecular weight is 369 g/mol. The van der Waals surface area contributed by atoms with Crippen molar-refractivity contribution in [2.75, 3.05) is 0 Å². The lowest BCUT2D eigenvalue weighted by molar-refractivity contribution is -0.122. The molecule has 1 heterocycles. The molecule has 138 valence electrons. The predicted octanol–water partition coefficient (Wildman–Crippen LogP) is 3.25. The number of carbonyl (C=O) groups excluding carboxylic acids is 1. The van der Waals surface area contributed by atoms with Crippen LogP contribution in [0.2, 0.25) is 0 Å². The maximum Gasteiger partial charge on any atom is 0.244 e. The number of aromatic nitrogens is 4. The van der Waals surface area contributed by atoms with E-state index in [0.717, 1.165) is 16.7 Å². The topological polar surface area (TPSA) is 72.7 Å². The van der Waals surface area contributed by atoms with Crippen molar-refractivity contribution in [3.8, 4) is 11.4 Å². The molecule has 0 saturated carbocycles. The highest BCUT2D eigenvalue weighted by Crippen LogP contribution is 2.21. The number of benzene rings is 3. The Morgan fingerprint density at radius 2 is 1.36 bits per heavy atom. The van der Waals surface area contributed by atoms with Crippen LogP contribution in [0.3, 0.4) is 0 Å². The van der Waals surface area contributed by atoms with Crippen LogP contribution in [0.25, 0.3) is 11.4 Å². The van der Waals surface area contributed by atoms with Crippen molar-refractivity contribution in [2.24, 2.45) is 0 Å². The van der Waals surface area contributed by atoms with Crippen molar-refractivity contribution >= 4 is 5.91 Å². The van der Waals surface area contributed by atoms with Gasteiger partial charge in [0.05, 0.1) is 6.04 Å². The Kier molecular flexibility index (Phi) is 5.20. The maximum atomic E-state index is 12.7. The van der Waals surface area contributed by atoms with Gasteiger partial charge >= 0.3 is 0 Å². The predicted molar refractivity (Wildman–Crippen MR) is 106 cm³/mol. The SMILES string of the molecule is O=C(Cn1nnc(-c2ccccc2)n1)NC(c1ccccc1)c1ccccc1. The summed E-state index contributed by atoms with van der Waals surface area (Å²) in [5.41, 5.74) is 2.89. The quantitative estimate of drug-likeness (QED) is 0.566. The Labute approximate surface area is 162 Å². The third kappa shape index (κ3) is 4.12. The summed E-state index contributed by atoms with van der Waals surface area (Å²) in [6.45, 7) is -0.00397. The van der Waals surface area contributed by atoms with E-state index in [9.17, 15) is 4.79 Å². The van der Waals surface area contributed by atoms with Gasteiger partial charge in [0.1, 0.15) is 6.54 Å². The summed E-state index contributed by atoms with van der Waals surface area (Å²) in [4.78, 5) is 14.0. The van der Waals surface area contributed by atoms with Crippen molar-refractivity contribution in [1.29, 1.82) is 0 Å². The number of amides is 1. The molecule has 4 rings (SSSR count). The summed E-state index contributed by atoms with van der Waals surface area (Å²) in [5, 5.41) is 15.4. The molecule has 0 saturated heterocycles. The van der Waals surface area contributed by atoms with Crippen molar-refractivity contribution in [2.45, 2.75) is 12.6 Å². The van der Waals surface area contributed by atoms with Crippen molar-refractivity contribution < 1.29 is 4.79 Å². The molecule has 0 atom stereocenters. The number of hydrogen-bond acceptors (Lipinski definition) is 4. The summed E-state index contributed by atoms with van der Waals surface area (Å²) >= 11 is 0. The van der Waals surface area contributed by atoms with Gasteiger partial charge in [-0.25, -0.2) is 0 Å². The molecule has 0 aliphatic rings. The smallest absolute Gasteiger partial charge is 0.244 e. The lowest BCUT2D eigenvalue weighted by Gasteiger charge is -2.19. The molecule has 0 fully saturated rings. The van der Waals surface area contributed by atoms with E-state index in [-0.39, 0.29) is 18.5 Å². The first-order valence-corrected chi connectivity index (χ1v) is 9.02. The first-order valence-electron chi connectivity index (χ1n) is 9.02. The second-order valence-corrected chi connectivity index (χ2v) is 6.33. The van der Waals surface area contributed by atoms with Crippen LogP contribution < -0.4 is 5.32 Å². The summed E-state index contributed by atoms with van der Waals surface area (Å²) in [6, 6.07) is 29.1. The number of nitrogens with one attached hydrogen (secondary N) is 1. The molecular formula is C22H19N5O. The molecule has 0 radical (unpaired) electrons. The maximum absolute atomic E-state index is 12.7. The Morgan fingerprint density at radius 1 is 0.821 bits per heavy atom. The van der Waals surface area contributed by atoms with Crippen molar-refractivity contribution in [3.63, 3.8) is 0 Å². The van der Waals surface area contributed by atoms with Gasteiger partial charge < -0.3 is 5.32 Å². The Morgan fingerprint density at radius 3 is 1.93 bits per heavy atom. The molecule has 1 aromatic heterocycles. The van der Waals surface area contributed by atoms with Gasteiger partial charge in [0, 0.05) is 5.56 Å². The molecule has 6 nitrogen and oxygen atoms in total. The van der Waals surface area contributed by atoms with E-state index in [1.165, 1.54) is 4.80 Å². The van der Waals surface area contributed by atoms with Crippen LogP contribution in [-0.2, 0) is 11.3 Å². The normalized spacial score (nSPS) is 10.8. The van der Waals surface area contributed by atoms with E-state index in [2.05, 4.69) is 20.7 Å². The van der Waals surface area contributed by atoms with Gasteiger partial charge in [-0.15, -0.1) is 10.2 Å². The number of hydrogen-bond donors (Lipinski definition) is 1. The molecule has 3 aromatic carbocycles. The van der Waals surface area contributed by atoms with Crippen LogP contribution in [0.1, 0.15) is 17.2 Å². The summed E-state index contributed by atoms with van der Waals surface area (Å²) < 4.78 is 0. The lowest BCUT2D eigenvalue weighted by atomic mass is 9.99. The van der Waals surface area contributed by atoms with Gasteiger partial charge in [0.15, 0.2) is 0 Å². The Hall–Kier alpha value is -3.80. The number of nitrogens with zero attached hydrogens (tertiary/aromatic N) is 4. The summed E-state index contributed by atoms with van der Waals surface area (Å²) in [5.74, 6) is 0.311. The minimum atomic E-state index is -0.244. The molecule has 4 aromatic rings. The van der Waals surface area contributed by atoms with Crippen molar-refractivity contribution in [1.82, 2.24) is 25.5 Å². The third-order valence-corrected chi connectivity index (χ3v) is 4.34. The van der Waals surface area contributed by atoms with Gasteiger partial charge in [-0.3, -0.25) is 4.79 Å². The standard InChI is InChI=1S/C22H19N5O/c28-20(16-27-25-22(24-26-27)19-14-8-3-9-15-19)23-21(17-10-4-1-5-11-17)18-12-6-2-7-13-18/h1-15,21H,16H2,(H,23,28). The Bertz CT molecular complexity index is 993. The van der Waals surface area contributed by atoms with E-state index >= 15 is 0 Å². The molecular weight excluding hydrogens is 350 g/mol. The highest BCUT2D eigenvalue weighted by atomic mass is 16.2. The fourth-order valence-corrected chi connectivity index (χ4v) is 3.00. The highest BCUT2D eigenvalue weighted by Gasteiger charge is 2.17. The largest absolute Gasteiger partial charge is 0.344 e. The van der Waals surface area contributed by atoms with E-state index < -0.39 is 0 Å². The van der Waals surface area contributed by atoms with E-state index in [1.54, 1.807) is 0 Å². The third-order valence-electron chi connectivity index (χ3n) is 4.34. The zero-order chi connectivity index (χ0) is 19.2. The van der Waals surface area contributed by atoms with Crippen molar-refractivity contribution in [3.05, 3.63) is 102 Å². The molecule has 0 aliphatic heterocycles. The first kappa shape index (κ1) is 17.6. The zero-order valence-corrected chi connectivity index (χ0v) is 15.1. The van der Waals surface area contributed by atoms with E-state index in [1.807, 2.05) is 91.0 Å². The second kappa shape index (κ2) is 8.26. The molecule has 1 amide bonds. The minimum Gasteiger partial charge on any atom is -0.344 e. The average Bonchev–Trinajstić information content (AvgIpc) is 3.22. The lowest BCUT2D eigenvalue weighted by Crippen LogP contribution is -2.32. The number of carbonyl (C=O) groups is 1. The fraction of sp³-hybridized carbons (Fsp3) is 0.0909. The Balaban J connectivity index is 1.50. The molecule has 1 N–H and O–H groups in total.